The van der Waals surface area contributed by atoms with E-state index < -0.39 is 4.92 Å². The van der Waals surface area contributed by atoms with Crippen LogP contribution in [0.2, 0.25) is 5.02 Å². The van der Waals surface area contributed by atoms with Crippen molar-refractivity contribution in [1.82, 2.24) is 0 Å². The van der Waals surface area contributed by atoms with Gasteiger partial charge in [0.1, 0.15) is 5.02 Å². The van der Waals surface area contributed by atoms with Gasteiger partial charge in [-0.3, -0.25) is 21.6 Å². The Bertz CT molecular complexity index is 508. The van der Waals surface area contributed by atoms with E-state index in [-0.39, 0.29) is 16.7 Å². The molecule has 0 spiro atoms. The van der Waals surface area contributed by atoms with Gasteiger partial charge in [0.25, 0.3) is 5.69 Å². The van der Waals surface area contributed by atoms with Crippen molar-refractivity contribution < 1.29 is 10.0 Å². The van der Waals surface area contributed by atoms with Gasteiger partial charge in [-0.25, -0.2) is 0 Å². The lowest BCUT2D eigenvalue weighted by molar-refractivity contribution is -0.464. The van der Waals surface area contributed by atoms with Crippen LogP contribution in [-0.4, -0.2) is 16.6 Å². The number of benzene rings is 1. The predicted molar refractivity (Wildman–Crippen MR) is 64.7 cm³/mol. The number of nitrogens with one attached hydrogen (secondary N) is 1. The van der Waals surface area contributed by atoms with Crippen LogP contribution in [0.15, 0.2) is 23.3 Å². The molecule has 0 amide bonds. The topological polar surface area (TPSA) is 122 Å². The third kappa shape index (κ3) is 3.42. The molecule has 1 aromatic rings. The lowest BCUT2D eigenvalue weighted by Crippen LogP contribution is -2.72. The molecule has 0 unspecified atom stereocenters. The second-order valence-electron chi connectivity index (χ2n) is 3.19. The minimum atomic E-state index is -0.560. The van der Waals surface area contributed by atoms with Crippen LogP contribution in [0.25, 0.3) is 0 Å². The summed E-state index contributed by atoms with van der Waals surface area (Å²) in [5.41, 5.74) is 11.2. The largest absolute Gasteiger partial charge is 0.362 e. The quantitative estimate of drug-likeness (QED) is 0.287. The van der Waals surface area contributed by atoms with Crippen LogP contribution in [0, 0.1) is 10.1 Å². The minimum absolute atomic E-state index is 0.0622. The molecule has 0 heterocycles. The zero-order chi connectivity index (χ0) is 13.0. The van der Waals surface area contributed by atoms with Gasteiger partial charge in [0.15, 0.2) is 0 Å². The average molecular weight is 257 g/mol. The van der Waals surface area contributed by atoms with E-state index in [0.717, 1.165) is 0 Å². The molecule has 1 rings (SSSR count). The van der Waals surface area contributed by atoms with Gasteiger partial charge in [-0.15, -0.1) is 5.10 Å². The van der Waals surface area contributed by atoms with Gasteiger partial charge >= 0.3 is 5.96 Å². The lowest BCUT2D eigenvalue weighted by Gasteiger charge is -2.00. The monoisotopic (exact) mass is 256 g/mol. The van der Waals surface area contributed by atoms with Gasteiger partial charge in [-0.2, -0.15) is 5.10 Å². The fourth-order valence-corrected chi connectivity index (χ4v) is 1.28. The van der Waals surface area contributed by atoms with Crippen molar-refractivity contribution in [3.8, 4) is 0 Å². The minimum Gasteiger partial charge on any atom is -0.289 e. The van der Waals surface area contributed by atoms with E-state index in [1.165, 1.54) is 12.1 Å². The van der Waals surface area contributed by atoms with Gasteiger partial charge < -0.3 is 0 Å². The molecule has 0 atom stereocenters. The molecule has 0 radical (unpaired) electrons. The van der Waals surface area contributed by atoms with Crippen molar-refractivity contribution in [2.75, 3.05) is 0 Å². The van der Waals surface area contributed by atoms with E-state index in [2.05, 4.69) is 10.2 Å². The highest BCUT2D eigenvalue weighted by atomic mass is 35.5. The Kier molecular flexibility index (Phi) is 4.00. The molecule has 0 aromatic heterocycles. The van der Waals surface area contributed by atoms with Crippen LogP contribution in [0.1, 0.15) is 12.5 Å². The summed E-state index contributed by atoms with van der Waals surface area (Å²) < 4.78 is 0. The van der Waals surface area contributed by atoms with Crippen LogP contribution >= 0.6 is 11.6 Å². The number of rotatable bonds is 3. The second kappa shape index (κ2) is 5.26. The molecule has 0 bridgehead atoms. The summed E-state index contributed by atoms with van der Waals surface area (Å²) in [5.74, 6) is -0.0622. The summed E-state index contributed by atoms with van der Waals surface area (Å²) >= 11 is 5.68. The van der Waals surface area contributed by atoms with Gasteiger partial charge in [-0.05, 0) is 13.0 Å². The van der Waals surface area contributed by atoms with Crippen LogP contribution in [0.4, 0.5) is 5.69 Å². The Morgan fingerprint density at radius 3 is 2.71 bits per heavy atom. The SMILES string of the molecule is C/C(=N/[NH+]=C(N)N)c1ccc(Cl)c([N+](=O)[O-])c1. The average Bonchev–Trinajstić information content (AvgIpc) is 2.26. The first-order valence-corrected chi connectivity index (χ1v) is 4.92. The smallest absolute Gasteiger partial charge is 0.289 e. The van der Waals surface area contributed by atoms with E-state index in [9.17, 15) is 10.1 Å². The molecular weight excluding hydrogens is 246 g/mol. The molecule has 0 aliphatic carbocycles. The number of nitrogens with two attached hydrogens (primary N) is 2. The maximum Gasteiger partial charge on any atom is 0.362 e. The molecule has 0 aliphatic heterocycles. The maximum atomic E-state index is 10.7. The van der Waals surface area contributed by atoms with Gasteiger partial charge in [-0.1, -0.05) is 17.7 Å². The Hall–Kier alpha value is -2.15. The number of hydrogen-bond donors (Lipinski definition) is 3. The molecule has 1 aromatic carbocycles. The predicted octanol–water partition coefficient (Wildman–Crippen LogP) is -0.674. The van der Waals surface area contributed by atoms with Crippen molar-refractivity contribution in [1.29, 1.82) is 0 Å². The molecular formula is C9H11ClN5O2+. The molecule has 5 N–H and O–H groups in total. The summed E-state index contributed by atoms with van der Waals surface area (Å²) in [6.07, 6.45) is 0. The number of nitro groups is 1. The molecule has 90 valence electrons. The number of guanidine groups is 1. The van der Waals surface area contributed by atoms with E-state index in [4.69, 9.17) is 23.1 Å². The van der Waals surface area contributed by atoms with Crippen LogP contribution < -0.4 is 16.6 Å². The lowest BCUT2D eigenvalue weighted by atomic mass is 10.1. The Labute approximate surface area is 102 Å². The molecule has 0 saturated carbocycles. The number of nitrogens with zero attached hydrogens (tertiary/aromatic N) is 2. The summed E-state index contributed by atoms with van der Waals surface area (Å²) in [7, 11) is 0. The molecule has 8 heteroatoms. The summed E-state index contributed by atoms with van der Waals surface area (Å²) in [6, 6.07) is 4.38. The number of nitro benzene ring substituents is 1. The number of halogens is 1. The van der Waals surface area contributed by atoms with Crippen molar-refractivity contribution in [2.24, 2.45) is 16.6 Å². The first kappa shape index (κ1) is 12.9. The third-order valence-corrected chi connectivity index (χ3v) is 2.23. The summed E-state index contributed by atoms with van der Waals surface area (Å²) in [5, 5.41) is 17.0. The third-order valence-electron chi connectivity index (χ3n) is 1.91. The van der Waals surface area contributed by atoms with Gasteiger partial charge in [0.2, 0.25) is 0 Å². The molecule has 0 saturated heterocycles. The van der Waals surface area contributed by atoms with Gasteiger partial charge in [0.05, 0.1) is 10.6 Å². The van der Waals surface area contributed by atoms with E-state index in [1.807, 2.05) is 0 Å². The number of hydrazone groups is 1. The fraction of sp³-hybridized carbons (Fsp3) is 0.111. The standard InChI is InChI=1S/C9H10ClN5O2/c1-5(13-14-9(11)12)6-2-3-7(10)8(4-6)15(16)17/h2-4H,1H3,(H4,11,12,14)/p+1/b13-5-. The van der Waals surface area contributed by atoms with Crippen molar-refractivity contribution in [3.05, 3.63) is 38.9 Å². The first-order valence-electron chi connectivity index (χ1n) is 4.54. The van der Waals surface area contributed by atoms with Crippen molar-refractivity contribution in [3.63, 3.8) is 0 Å². The van der Waals surface area contributed by atoms with Crippen molar-refractivity contribution >= 4 is 29.0 Å². The highest BCUT2D eigenvalue weighted by molar-refractivity contribution is 6.32. The van der Waals surface area contributed by atoms with Crippen molar-refractivity contribution in [2.45, 2.75) is 6.92 Å². The normalized spacial score (nSPS) is 11.1. The zero-order valence-corrected chi connectivity index (χ0v) is 9.73. The van der Waals surface area contributed by atoms with Crippen LogP contribution in [-0.2, 0) is 0 Å². The highest BCUT2D eigenvalue weighted by Crippen LogP contribution is 2.25. The molecule has 17 heavy (non-hydrogen) atoms. The second-order valence-corrected chi connectivity index (χ2v) is 3.59. The van der Waals surface area contributed by atoms with E-state index >= 15 is 0 Å². The number of hydrogen-bond acceptors (Lipinski definition) is 3. The highest BCUT2D eigenvalue weighted by Gasteiger charge is 2.13. The summed E-state index contributed by atoms with van der Waals surface area (Å²) in [6.45, 7) is 1.66. The van der Waals surface area contributed by atoms with Crippen LogP contribution in [0.5, 0.6) is 0 Å². The molecule has 7 nitrogen and oxygen atoms in total. The Balaban J connectivity index is 3.16. The molecule has 0 fully saturated rings. The fourth-order valence-electron chi connectivity index (χ4n) is 1.09. The Morgan fingerprint density at radius 2 is 2.18 bits per heavy atom. The zero-order valence-electron chi connectivity index (χ0n) is 8.98. The molecule has 0 aliphatic rings. The first-order chi connectivity index (χ1) is 7.91. The summed E-state index contributed by atoms with van der Waals surface area (Å²) in [4.78, 5) is 10.1. The Morgan fingerprint density at radius 1 is 1.53 bits per heavy atom. The van der Waals surface area contributed by atoms with E-state index in [0.29, 0.717) is 11.3 Å². The van der Waals surface area contributed by atoms with E-state index in [1.54, 1.807) is 13.0 Å². The van der Waals surface area contributed by atoms with Crippen LogP contribution in [0.3, 0.4) is 0 Å². The maximum absolute atomic E-state index is 10.7. The van der Waals surface area contributed by atoms with Gasteiger partial charge in [0, 0.05) is 11.6 Å².